The number of nitrogens with zero attached hydrogens (tertiary/aromatic N) is 7. The molecule has 9 rings (SSSR count). The molecule has 0 fully saturated rings. The summed E-state index contributed by atoms with van der Waals surface area (Å²) in [5, 5.41) is 1.99. The number of benzene rings is 2. The van der Waals surface area contributed by atoms with Gasteiger partial charge < -0.3 is 42.2 Å². The van der Waals surface area contributed by atoms with Gasteiger partial charge in [0, 0.05) is 53.2 Å². The van der Waals surface area contributed by atoms with E-state index in [1.54, 1.807) is 24.5 Å². The molecule has 2 aromatic carbocycles. The second-order valence-corrected chi connectivity index (χ2v) is 17.9. The standard InChI is InChI=1S/C16H13FN2O4S.C16H14N2O4S.C15H13N3O4S/c1-19(8-9-3-5-10(17)6-4-9)16-18-13-12(24-16)7-11(14(20)22-2)15(21)23-13;1-18(9-10-6-4-3-5-7-10)16-17-13-12(23-16)8-11(14(19)21-2)15(20)22-13;1-18(8-9-4-3-5-16-7-9)15-17-12-11(23-15)6-10(13(19)21-2)14(20)22-12/h3-7H,8H2,1-2H3;3-8H,9H2,1-2H3;3-7H,8H2,1-2H3. The molecule has 0 N–H and O–H groups in total. The summed E-state index contributed by atoms with van der Waals surface area (Å²) in [6.07, 6.45) is 3.49. The molecule has 19 nitrogen and oxygen atoms in total. The Bertz CT molecular complexity index is 3330. The van der Waals surface area contributed by atoms with Crippen LogP contribution >= 0.6 is 34.0 Å². The van der Waals surface area contributed by atoms with Gasteiger partial charge in [0.05, 0.1) is 35.4 Å². The van der Waals surface area contributed by atoms with E-state index in [4.69, 9.17) is 13.3 Å². The molecule has 9 aromatic rings. The van der Waals surface area contributed by atoms with E-state index in [2.05, 4.69) is 34.1 Å². The Morgan fingerprint density at radius 1 is 0.529 bits per heavy atom. The van der Waals surface area contributed by atoms with Crippen LogP contribution < -0.4 is 31.6 Å². The van der Waals surface area contributed by atoms with E-state index >= 15 is 0 Å². The Hall–Kier alpha value is -8.15. The molecule has 7 aromatic heterocycles. The summed E-state index contributed by atoms with van der Waals surface area (Å²) in [5.74, 6) is -2.48. The van der Waals surface area contributed by atoms with Crippen LogP contribution in [0.4, 0.5) is 19.8 Å². The lowest BCUT2D eigenvalue weighted by Crippen LogP contribution is -2.16. The van der Waals surface area contributed by atoms with Gasteiger partial charge in [0.25, 0.3) is 0 Å². The first-order valence-corrected chi connectivity index (χ1v) is 23.0. The van der Waals surface area contributed by atoms with E-state index in [1.165, 1.54) is 85.7 Å². The lowest BCUT2D eigenvalue weighted by molar-refractivity contribution is 0.0587. The zero-order chi connectivity index (χ0) is 50.1. The predicted molar refractivity (Wildman–Crippen MR) is 262 cm³/mol. The monoisotopic (exact) mass is 1010 g/mol. The van der Waals surface area contributed by atoms with Gasteiger partial charge in [0.1, 0.15) is 22.5 Å². The summed E-state index contributed by atoms with van der Waals surface area (Å²) in [6, 6.07) is 24.3. The zero-order valence-corrected chi connectivity index (χ0v) is 40.4. The van der Waals surface area contributed by atoms with Gasteiger partial charge in [-0.25, -0.2) is 33.2 Å². The first kappa shape index (κ1) is 49.7. The van der Waals surface area contributed by atoms with Crippen LogP contribution in [0.15, 0.2) is 125 Å². The maximum atomic E-state index is 13.0. The average molecular weight is 1010 g/mol. The molecule has 0 amide bonds. The average Bonchev–Trinajstić information content (AvgIpc) is 4.11. The molecule has 0 radical (unpaired) electrons. The summed E-state index contributed by atoms with van der Waals surface area (Å²) in [5.41, 5.74) is 0.983. The summed E-state index contributed by atoms with van der Waals surface area (Å²) in [4.78, 5) is 92.7. The molecule has 0 spiro atoms. The number of halogens is 1. The third-order valence-electron chi connectivity index (χ3n) is 9.82. The maximum absolute atomic E-state index is 13.0. The van der Waals surface area contributed by atoms with Crippen LogP contribution in [-0.2, 0) is 33.8 Å². The lowest BCUT2D eigenvalue weighted by Gasteiger charge is -2.15. The number of pyridine rings is 1. The lowest BCUT2D eigenvalue weighted by atomic mass is 10.2. The van der Waals surface area contributed by atoms with E-state index in [9.17, 15) is 33.2 Å². The highest BCUT2D eigenvalue weighted by atomic mass is 32.1. The molecular formula is C47H40FN7O12S3. The maximum Gasteiger partial charge on any atom is 0.352 e. The second kappa shape index (κ2) is 22.3. The minimum absolute atomic E-state index is 0.124. The summed E-state index contributed by atoms with van der Waals surface area (Å²) in [7, 11) is 9.23. The molecule has 360 valence electrons. The number of anilines is 3. The molecule has 0 atom stereocenters. The van der Waals surface area contributed by atoms with Crippen molar-refractivity contribution < 1.29 is 46.2 Å². The van der Waals surface area contributed by atoms with Gasteiger partial charge in [-0.2, -0.15) is 15.0 Å². The van der Waals surface area contributed by atoms with E-state index in [0.717, 1.165) is 16.7 Å². The fourth-order valence-corrected chi connectivity index (χ4v) is 9.04. The molecule has 0 saturated carbocycles. The highest BCUT2D eigenvalue weighted by Crippen LogP contribution is 2.31. The molecule has 0 aliphatic carbocycles. The zero-order valence-electron chi connectivity index (χ0n) is 38.0. The minimum Gasteiger partial charge on any atom is -0.465 e. The number of ether oxygens (including phenoxy) is 3. The molecule has 0 unspecified atom stereocenters. The van der Waals surface area contributed by atoms with Gasteiger partial charge in [0.15, 0.2) is 15.4 Å². The third-order valence-corrected chi connectivity index (χ3v) is 13.1. The van der Waals surface area contributed by atoms with Crippen molar-refractivity contribution in [3.8, 4) is 0 Å². The predicted octanol–water partition coefficient (Wildman–Crippen LogP) is 7.55. The number of carbonyl (C=O) groups excluding carboxylic acids is 3. The van der Waals surface area contributed by atoms with Crippen molar-refractivity contribution >= 4 is 98.6 Å². The number of carbonyl (C=O) groups is 3. The number of hydrogen-bond acceptors (Lipinski definition) is 22. The van der Waals surface area contributed by atoms with Crippen LogP contribution in [0.1, 0.15) is 47.8 Å². The van der Waals surface area contributed by atoms with Crippen molar-refractivity contribution in [1.82, 2.24) is 19.9 Å². The molecule has 70 heavy (non-hydrogen) atoms. The fourth-order valence-electron chi connectivity index (χ4n) is 6.35. The highest BCUT2D eigenvalue weighted by Gasteiger charge is 2.21. The van der Waals surface area contributed by atoms with Crippen LogP contribution in [0.25, 0.3) is 31.2 Å². The van der Waals surface area contributed by atoms with Crippen LogP contribution in [-0.4, -0.2) is 80.3 Å². The number of methoxy groups -OCH3 is 3. The quantitative estimate of drug-likeness (QED) is 0.0849. The van der Waals surface area contributed by atoms with Crippen molar-refractivity contribution in [2.24, 2.45) is 0 Å². The molecule has 0 aliphatic heterocycles. The topological polar surface area (TPSA) is 231 Å². The first-order valence-electron chi connectivity index (χ1n) is 20.5. The van der Waals surface area contributed by atoms with E-state index in [0.29, 0.717) is 49.1 Å². The number of esters is 3. The van der Waals surface area contributed by atoms with Gasteiger partial charge in [-0.3, -0.25) is 4.98 Å². The Morgan fingerprint density at radius 3 is 1.24 bits per heavy atom. The van der Waals surface area contributed by atoms with Gasteiger partial charge in [0.2, 0.25) is 17.1 Å². The van der Waals surface area contributed by atoms with Crippen LogP contribution in [0.5, 0.6) is 0 Å². The van der Waals surface area contributed by atoms with Crippen molar-refractivity contribution in [1.29, 1.82) is 0 Å². The van der Waals surface area contributed by atoms with Gasteiger partial charge in [-0.15, -0.1) is 0 Å². The normalized spacial score (nSPS) is 10.7. The van der Waals surface area contributed by atoms with Crippen LogP contribution in [0.2, 0.25) is 0 Å². The van der Waals surface area contributed by atoms with Gasteiger partial charge in [-0.1, -0.05) is 82.5 Å². The number of fused-ring (bicyclic) bond motifs is 3. The van der Waals surface area contributed by atoms with Gasteiger partial charge in [-0.05, 0) is 53.1 Å². The summed E-state index contributed by atoms with van der Waals surface area (Å²) in [6.45, 7) is 1.80. The van der Waals surface area contributed by atoms with Crippen molar-refractivity contribution in [2.75, 3.05) is 57.2 Å². The SMILES string of the molecule is COC(=O)c1cc2sc(N(C)Cc3ccc(F)cc3)nc2oc1=O.COC(=O)c1cc2sc(N(C)Cc3ccccc3)nc2oc1=O.COC(=O)c1cc2sc(N(C)Cc3cccnc3)nc2oc1=O. The van der Waals surface area contributed by atoms with Crippen molar-refractivity contribution in [3.05, 3.63) is 168 Å². The summed E-state index contributed by atoms with van der Waals surface area (Å²) < 4.78 is 43.7. The van der Waals surface area contributed by atoms with Gasteiger partial charge >= 0.3 is 34.8 Å². The third kappa shape index (κ3) is 11.9. The second-order valence-electron chi connectivity index (χ2n) is 14.9. The van der Waals surface area contributed by atoms with Crippen LogP contribution in [0, 0.1) is 5.82 Å². The summed E-state index contributed by atoms with van der Waals surface area (Å²) >= 11 is 3.96. The Morgan fingerprint density at radius 2 is 0.886 bits per heavy atom. The number of thiazole rings is 3. The smallest absolute Gasteiger partial charge is 0.352 e. The molecule has 7 heterocycles. The molecule has 0 bridgehead atoms. The number of rotatable bonds is 12. The van der Waals surface area contributed by atoms with E-state index in [1.807, 2.05) is 78.3 Å². The number of aromatic nitrogens is 4. The Labute approximate surface area is 407 Å². The van der Waals surface area contributed by atoms with Crippen molar-refractivity contribution in [3.63, 3.8) is 0 Å². The van der Waals surface area contributed by atoms with E-state index in [-0.39, 0.29) is 39.6 Å². The molecule has 0 aliphatic rings. The fraction of sp³-hybridized carbons (Fsp3) is 0.191. The Kier molecular flexibility index (Phi) is 15.9. The largest absolute Gasteiger partial charge is 0.465 e. The minimum atomic E-state index is -0.785. The molecular weight excluding hydrogens is 970 g/mol. The van der Waals surface area contributed by atoms with Crippen molar-refractivity contribution in [2.45, 2.75) is 19.6 Å². The number of hydrogen-bond donors (Lipinski definition) is 0. The molecule has 0 saturated heterocycles. The van der Waals surface area contributed by atoms with Crippen LogP contribution in [0.3, 0.4) is 0 Å². The Balaban J connectivity index is 0.000000155. The molecule has 23 heteroatoms. The first-order chi connectivity index (χ1) is 33.6. The van der Waals surface area contributed by atoms with E-state index < -0.39 is 34.8 Å². The highest BCUT2D eigenvalue weighted by molar-refractivity contribution is 7.22.